The van der Waals surface area contributed by atoms with E-state index in [2.05, 4.69) is 0 Å². The van der Waals surface area contributed by atoms with Gasteiger partial charge in [-0.1, -0.05) is 12.1 Å². The van der Waals surface area contributed by atoms with Crippen molar-refractivity contribution in [2.75, 3.05) is 47.1 Å². The van der Waals surface area contributed by atoms with E-state index in [0.717, 1.165) is 0 Å². The molecule has 0 aliphatic carbocycles. The van der Waals surface area contributed by atoms with Crippen molar-refractivity contribution in [1.82, 2.24) is 4.90 Å². The largest absolute Gasteiger partial charge is 0.493 e. The van der Waals surface area contributed by atoms with Gasteiger partial charge in [0, 0.05) is 7.05 Å². The summed E-state index contributed by atoms with van der Waals surface area (Å²) in [6, 6.07) is 10.4. The van der Waals surface area contributed by atoms with Crippen LogP contribution in [0.25, 0.3) is 0 Å². The zero-order chi connectivity index (χ0) is 21.8. The van der Waals surface area contributed by atoms with Crippen molar-refractivity contribution in [2.24, 2.45) is 0 Å². The van der Waals surface area contributed by atoms with E-state index < -0.39 is 12.6 Å². The van der Waals surface area contributed by atoms with E-state index in [1.165, 1.54) is 24.1 Å². The second-order valence-electron chi connectivity index (χ2n) is 7.05. The summed E-state index contributed by atoms with van der Waals surface area (Å²) in [6.45, 7) is 0.981. The fourth-order valence-electron chi connectivity index (χ4n) is 3.27. The number of amides is 1. The van der Waals surface area contributed by atoms with Crippen LogP contribution in [0.2, 0.25) is 0 Å². The molecule has 2 aliphatic rings. The molecule has 2 aromatic rings. The van der Waals surface area contributed by atoms with E-state index in [9.17, 15) is 9.59 Å². The Bertz CT molecular complexity index is 959. The smallest absolute Gasteiger partial charge is 0.338 e. The van der Waals surface area contributed by atoms with Gasteiger partial charge in [0.1, 0.15) is 19.8 Å². The number of esters is 1. The maximum absolute atomic E-state index is 12.5. The van der Waals surface area contributed by atoms with Gasteiger partial charge in [-0.2, -0.15) is 0 Å². The van der Waals surface area contributed by atoms with E-state index in [4.69, 9.17) is 28.4 Å². The van der Waals surface area contributed by atoms with E-state index in [1.807, 2.05) is 24.3 Å². The first kappa shape index (κ1) is 20.6. The highest BCUT2D eigenvalue weighted by Crippen LogP contribution is 2.40. The topological polar surface area (TPSA) is 92.8 Å². The first-order valence-corrected chi connectivity index (χ1v) is 9.82. The lowest BCUT2D eigenvalue weighted by atomic mass is 10.1. The highest BCUT2D eigenvalue weighted by molar-refractivity contribution is 5.92. The van der Waals surface area contributed by atoms with Crippen LogP contribution in [0, 0.1) is 0 Å². The number of ether oxygens (including phenoxy) is 6. The van der Waals surface area contributed by atoms with Gasteiger partial charge in [0.2, 0.25) is 5.75 Å². The lowest BCUT2D eigenvalue weighted by molar-refractivity contribution is -0.134. The van der Waals surface area contributed by atoms with Crippen LogP contribution in [0.15, 0.2) is 36.4 Å². The lowest BCUT2D eigenvalue weighted by Gasteiger charge is -2.29. The van der Waals surface area contributed by atoms with E-state index in [-0.39, 0.29) is 17.6 Å². The van der Waals surface area contributed by atoms with Crippen molar-refractivity contribution in [3.05, 3.63) is 42.0 Å². The minimum Gasteiger partial charge on any atom is -0.493 e. The summed E-state index contributed by atoms with van der Waals surface area (Å²) in [7, 11) is 3.09. The molecule has 9 nitrogen and oxygen atoms in total. The summed E-state index contributed by atoms with van der Waals surface area (Å²) >= 11 is 0. The van der Waals surface area contributed by atoms with Gasteiger partial charge in [0.05, 0.1) is 19.2 Å². The van der Waals surface area contributed by atoms with Gasteiger partial charge in [-0.3, -0.25) is 4.79 Å². The van der Waals surface area contributed by atoms with Crippen LogP contribution in [0.1, 0.15) is 10.4 Å². The van der Waals surface area contributed by atoms with Crippen molar-refractivity contribution >= 4 is 11.9 Å². The molecule has 4 rings (SSSR count). The quantitative estimate of drug-likeness (QED) is 0.643. The Morgan fingerprint density at radius 2 is 1.84 bits per heavy atom. The molecule has 0 saturated carbocycles. The van der Waals surface area contributed by atoms with Crippen molar-refractivity contribution in [3.8, 4) is 28.7 Å². The molecule has 9 heteroatoms. The third kappa shape index (κ3) is 4.60. The molecule has 2 aromatic carbocycles. The molecule has 164 valence electrons. The molecule has 1 atom stereocenters. The predicted octanol–water partition coefficient (Wildman–Crippen LogP) is 1.92. The number of hydrogen-bond acceptors (Lipinski definition) is 8. The Kier molecular flexibility index (Phi) is 6.01. The molecule has 0 unspecified atom stereocenters. The molecule has 0 saturated heterocycles. The van der Waals surface area contributed by atoms with Gasteiger partial charge in [-0.25, -0.2) is 4.79 Å². The number of fused-ring (bicyclic) bond motifs is 2. The highest BCUT2D eigenvalue weighted by Gasteiger charge is 2.25. The zero-order valence-corrected chi connectivity index (χ0v) is 17.3. The van der Waals surface area contributed by atoms with Crippen LogP contribution in [-0.2, 0) is 9.53 Å². The summed E-state index contributed by atoms with van der Waals surface area (Å²) in [6.07, 6.45) is -0.318. The number of para-hydroxylation sites is 2. The standard InChI is InChI=1S/C22H23NO8/c1-23(11-15-12-29-16-5-3-4-6-17(16)31-15)20(24)13-30-22(25)14-9-18(26-2)21-19(10-14)27-7-8-28-21/h3-6,9-10,15H,7-8,11-13H2,1-2H3/t15-/m1/s1. The fraction of sp³-hybridized carbons (Fsp3) is 0.364. The van der Waals surface area contributed by atoms with Gasteiger partial charge in [-0.15, -0.1) is 0 Å². The third-order valence-corrected chi connectivity index (χ3v) is 4.86. The average Bonchev–Trinajstić information content (AvgIpc) is 2.81. The van der Waals surface area contributed by atoms with Gasteiger partial charge in [0.15, 0.2) is 35.7 Å². The summed E-state index contributed by atoms with van der Waals surface area (Å²) in [5.74, 6) is 1.49. The summed E-state index contributed by atoms with van der Waals surface area (Å²) in [4.78, 5) is 26.3. The second-order valence-corrected chi connectivity index (χ2v) is 7.05. The second kappa shape index (κ2) is 9.03. The van der Waals surface area contributed by atoms with Crippen molar-refractivity contribution in [1.29, 1.82) is 0 Å². The SMILES string of the molecule is COc1cc(C(=O)OCC(=O)N(C)C[C@@H]2COc3ccccc3O2)cc2c1OCCO2. The van der Waals surface area contributed by atoms with E-state index >= 15 is 0 Å². The Morgan fingerprint density at radius 1 is 1.06 bits per heavy atom. The Morgan fingerprint density at radius 3 is 2.65 bits per heavy atom. The fourth-order valence-corrected chi connectivity index (χ4v) is 3.27. The Labute approximate surface area is 179 Å². The van der Waals surface area contributed by atoms with Gasteiger partial charge >= 0.3 is 5.97 Å². The number of rotatable bonds is 6. The number of hydrogen-bond donors (Lipinski definition) is 0. The number of nitrogens with zero attached hydrogens (tertiary/aromatic N) is 1. The molecule has 0 spiro atoms. The number of likely N-dealkylation sites (N-methyl/N-ethyl adjacent to an activating group) is 1. The van der Waals surface area contributed by atoms with Gasteiger partial charge in [0.25, 0.3) is 5.91 Å². The molecular weight excluding hydrogens is 406 g/mol. The number of carbonyl (C=O) groups excluding carboxylic acids is 2. The van der Waals surface area contributed by atoms with Crippen molar-refractivity contribution < 1.29 is 38.0 Å². The third-order valence-electron chi connectivity index (χ3n) is 4.86. The molecule has 0 aromatic heterocycles. The first-order valence-electron chi connectivity index (χ1n) is 9.82. The molecule has 1 amide bonds. The number of methoxy groups -OCH3 is 1. The van der Waals surface area contributed by atoms with Crippen LogP contribution in [-0.4, -0.2) is 70.0 Å². The van der Waals surface area contributed by atoms with Crippen molar-refractivity contribution in [3.63, 3.8) is 0 Å². The predicted molar refractivity (Wildman–Crippen MR) is 108 cm³/mol. The monoisotopic (exact) mass is 429 g/mol. The normalized spacial score (nSPS) is 16.3. The van der Waals surface area contributed by atoms with Crippen molar-refractivity contribution in [2.45, 2.75) is 6.10 Å². The van der Waals surface area contributed by atoms with Crippen LogP contribution in [0.3, 0.4) is 0 Å². The van der Waals surface area contributed by atoms with Crippen LogP contribution in [0.4, 0.5) is 0 Å². The first-order chi connectivity index (χ1) is 15.0. The molecule has 0 N–H and O–H groups in total. The van der Waals surface area contributed by atoms with E-state index in [0.29, 0.717) is 55.1 Å². The minimum absolute atomic E-state index is 0.206. The van der Waals surface area contributed by atoms with Gasteiger partial charge < -0.3 is 33.3 Å². The van der Waals surface area contributed by atoms with Crippen LogP contribution < -0.4 is 23.7 Å². The molecule has 2 heterocycles. The number of carbonyl (C=O) groups is 2. The van der Waals surface area contributed by atoms with Crippen LogP contribution in [0.5, 0.6) is 28.7 Å². The maximum Gasteiger partial charge on any atom is 0.338 e. The molecule has 0 radical (unpaired) electrons. The molecule has 0 fully saturated rings. The average molecular weight is 429 g/mol. The Balaban J connectivity index is 1.32. The summed E-state index contributed by atoms with van der Waals surface area (Å²) < 4.78 is 33.0. The van der Waals surface area contributed by atoms with E-state index in [1.54, 1.807) is 7.05 Å². The Hall–Kier alpha value is -3.62. The van der Waals surface area contributed by atoms with Crippen LogP contribution >= 0.6 is 0 Å². The summed E-state index contributed by atoms with van der Waals surface area (Å²) in [5, 5.41) is 0. The summed E-state index contributed by atoms with van der Waals surface area (Å²) in [5.41, 5.74) is 0.206. The highest BCUT2D eigenvalue weighted by atomic mass is 16.6. The minimum atomic E-state index is -0.664. The molecule has 2 aliphatic heterocycles. The number of benzene rings is 2. The zero-order valence-electron chi connectivity index (χ0n) is 17.3. The molecule has 31 heavy (non-hydrogen) atoms. The molecule has 0 bridgehead atoms. The van der Waals surface area contributed by atoms with Gasteiger partial charge in [-0.05, 0) is 24.3 Å². The maximum atomic E-state index is 12.5. The lowest BCUT2D eigenvalue weighted by Crippen LogP contribution is -2.43. The molecular formula is C22H23NO8.